The van der Waals surface area contributed by atoms with Gasteiger partial charge in [0.2, 0.25) is 5.91 Å². The van der Waals surface area contributed by atoms with Crippen molar-refractivity contribution in [3.8, 4) is 0 Å². The van der Waals surface area contributed by atoms with Crippen LogP contribution in [-0.2, 0) is 10.5 Å². The first-order valence-corrected chi connectivity index (χ1v) is 9.08. The molecule has 0 unspecified atom stereocenters. The molecule has 2 aromatic carbocycles. The first-order chi connectivity index (χ1) is 11.0. The van der Waals surface area contributed by atoms with Crippen LogP contribution in [-0.4, -0.2) is 16.9 Å². The highest BCUT2D eigenvalue weighted by Gasteiger charge is 2.14. The van der Waals surface area contributed by atoms with Crippen LogP contribution in [0.3, 0.4) is 0 Å². The van der Waals surface area contributed by atoms with Crippen molar-refractivity contribution in [3.63, 3.8) is 0 Å². The number of hydrogen-bond acceptors (Lipinski definition) is 3. The molecule has 0 saturated carbocycles. The lowest BCUT2D eigenvalue weighted by atomic mass is 10.1. The van der Waals surface area contributed by atoms with Crippen molar-refractivity contribution in [1.82, 2.24) is 0 Å². The summed E-state index contributed by atoms with van der Waals surface area (Å²) in [6.07, 6.45) is 0. The number of amides is 1. The smallest absolute Gasteiger partial charge is 0.237 e. The number of carbonyl (C=O) groups is 2. The van der Waals surface area contributed by atoms with Crippen LogP contribution in [0.4, 0.5) is 5.69 Å². The Kier molecular flexibility index (Phi) is 6.42. The van der Waals surface area contributed by atoms with Gasteiger partial charge in [0.1, 0.15) is 0 Å². The third kappa shape index (κ3) is 5.52. The predicted molar refractivity (Wildman–Crippen MR) is 100.0 cm³/mol. The second-order valence-electron chi connectivity index (χ2n) is 5.21. The molecule has 2 rings (SSSR count). The molecular formula is C18H18BrNO2S. The summed E-state index contributed by atoms with van der Waals surface area (Å²) in [5, 5.41) is 2.68. The molecule has 0 saturated heterocycles. The molecule has 1 amide bonds. The summed E-state index contributed by atoms with van der Waals surface area (Å²) < 4.78 is 1.04. The van der Waals surface area contributed by atoms with Crippen LogP contribution >= 0.6 is 27.7 Å². The Labute approximate surface area is 149 Å². The second kappa shape index (κ2) is 8.31. The van der Waals surface area contributed by atoms with Gasteiger partial charge >= 0.3 is 0 Å². The highest BCUT2D eigenvalue weighted by Crippen LogP contribution is 2.21. The molecule has 5 heteroatoms. The van der Waals surface area contributed by atoms with E-state index in [1.165, 1.54) is 12.5 Å². The molecule has 0 aromatic heterocycles. The number of anilines is 1. The molecule has 23 heavy (non-hydrogen) atoms. The molecular weight excluding hydrogens is 374 g/mol. The minimum Gasteiger partial charge on any atom is -0.325 e. The van der Waals surface area contributed by atoms with E-state index in [0.29, 0.717) is 11.3 Å². The van der Waals surface area contributed by atoms with E-state index in [-0.39, 0.29) is 16.9 Å². The predicted octanol–water partition coefficient (Wildman–Crippen LogP) is 4.91. The quantitative estimate of drug-likeness (QED) is 0.711. The summed E-state index contributed by atoms with van der Waals surface area (Å²) in [6, 6.07) is 15.1. The standard InChI is InChI=1S/C18H18BrNO2S/c1-12(21)15-4-3-5-17(10-15)20-18(22)13(2)23-11-14-6-8-16(19)9-7-14/h3-10,13H,11H2,1-2H3,(H,20,22)/t13-/m1/s1. The maximum absolute atomic E-state index is 12.2. The van der Waals surface area contributed by atoms with E-state index in [1.54, 1.807) is 36.0 Å². The number of ketones is 1. The zero-order valence-corrected chi connectivity index (χ0v) is 15.4. The molecule has 0 aliphatic heterocycles. The minimum atomic E-state index is -0.181. The lowest BCUT2D eigenvalue weighted by molar-refractivity contribution is -0.115. The van der Waals surface area contributed by atoms with E-state index >= 15 is 0 Å². The summed E-state index contributed by atoms with van der Waals surface area (Å²) in [7, 11) is 0. The molecule has 2 aromatic rings. The van der Waals surface area contributed by atoms with Crippen molar-refractivity contribution < 1.29 is 9.59 Å². The average Bonchev–Trinajstić information content (AvgIpc) is 2.54. The molecule has 0 heterocycles. The van der Waals surface area contributed by atoms with Gasteiger partial charge in [-0.05, 0) is 43.7 Å². The highest BCUT2D eigenvalue weighted by atomic mass is 79.9. The summed E-state index contributed by atoms with van der Waals surface area (Å²) in [4.78, 5) is 23.6. The topological polar surface area (TPSA) is 46.2 Å². The van der Waals surface area contributed by atoms with Gasteiger partial charge in [0.05, 0.1) is 5.25 Å². The number of thioether (sulfide) groups is 1. The van der Waals surface area contributed by atoms with E-state index in [0.717, 1.165) is 10.2 Å². The average molecular weight is 392 g/mol. The van der Waals surface area contributed by atoms with Crippen molar-refractivity contribution in [1.29, 1.82) is 0 Å². The molecule has 0 fully saturated rings. The maximum Gasteiger partial charge on any atom is 0.237 e. The summed E-state index contributed by atoms with van der Waals surface area (Å²) in [6.45, 7) is 3.39. The zero-order valence-electron chi connectivity index (χ0n) is 13.0. The molecule has 3 nitrogen and oxygen atoms in total. The molecule has 0 aliphatic carbocycles. The van der Waals surface area contributed by atoms with Crippen molar-refractivity contribution in [2.75, 3.05) is 5.32 Å². The molecule has 0 spiro atoms. The van der Waals surface area contributed by atoms with Crippen LogP contribution in [0.15, 0.2) is 53.0 Å². The Bertz CT molecular complexity index is 700. The van der Waals surface area contributed by atoms with E-state index in [1.807, 2.05) is 31.2 Å². The monoisotopic (exact) mass is 391 g/mol. The third-order valence-electron chi connectivity index (χ3n) is 3.32. The minimum absolute atomic E-state index is 0.0150. The van der Waals surface area contributed by atoms with Gasteiger partial charge in [0.15, 0.2) is 5.78 Å². The van der Waals surface area contributed by atoms with Crippen LogP contribution in [0.25, 0.3) is 0 Å². The fourth-order valence-electron chi connectivity index (χ4n) is 1.94. The molecule has 0 aliphatic rings. The van der Waals surface area contributed by atoms with Crippen molar-refractivity contribution >= 4 is 45.1 Å². The van der Waals surface area contributed by atoms with Crippen LogP contribution in [0.1, 0.15) is 29.8 Å². The van der Waals surface area contributed by atoms with E-state index in [9.17, 15) is 9.59 Å². The summed E-state index contributed by atoms with van der Waals surface area (Å²) in [5.74, 6) is 0.696. The largest absolute Gasteiger partial charge is 0.325 e. The Hall–Kier alpha value is -1.59. The normalized spacial score (nSPS) is 11.8. The molecule has 120 valence electrons. The highest BCUT2D eigenvalue weighted by molar-refractivity contribution is 9.10. The van der Waals surface area contributed by atoms with Crippen LogP contribution in [0.2, 0.25) is 0 Å². The number of Topliss-reactive ketones (excluding diaryl/α,β-unsaturated/α-hetero) is 1. The Morgan fingerprint density at radius 1 is 1.17 bits per heavy atom. The van der Waals surface area contributed by atoms with Gasteiger partial charge in [0, 0.05) is 21.5 Å². The SMILES string of the molecule is CC(=O)c1cccc(NC(=O)[C@@H](C)SCc2ccc(Br)cc2)c1. The third-order valence-corrected chi connectivity index (χ3v) is 5.06. The van der Waals surface area contributed by atoms with Crippen molar-refractivity contribution in [3.05, 3.63) is 64.1 Å². The first kappa shape index (κ1) is 17.8. The fourth-order valence-corrected chi connectivity index (χ4v) is 3.05. The van der Waals surface area contributed by atoms with Gasteiger partial charge in [0.25, 0.3) is 0 Å². The molecule has 1 N–H and O–H groups in total. The lowest BCUT2D eigenvalue weighted by Crippen LogP contribution is -2.22. The van der Waals surface area contributed by atoms with E-state index in [4.69, 9.17) is 0 Å². The van der Waals surface area contributed by atoms with Crippen LogP contribution < -0.4 is 5.32 Å². The summed E-state index contributed by atoms with van der Waals surface area (Å²) in [5.41, 5.74) is 2.42. The molecule has 0 bridgehead atoms. The van der Waals surface area contributed by atoms with Gasteiger partial charge in [-0.15, -0.1) is 11.8 Å². The summed E-state index contributed by atoms with van der Waals surface area (Å²) >= 11 is 4.99. The maximum atomic E-state index is 12.2. The van der Waals surface area contributed by atoms with Gasteiger partial charge in [-0.2, -0.15) is 0 Å². The van der Waals surface area contributed by atoms with Gasteiger partial charge < -0.3 is 5.32 Å². The fraction of sp³-hybridized carbons (Fsp3) is 0.222. The Morgan fingerprint density at radius 3 is 2.52 bits per heavy atom. The number of rotatable bonds is 6. The van der Waals surface area contributed by atoms with Crippen molar-refractivity contribution in [2.24, 2.45) is 0 Å². The van der Waals surface area contributed by atoms with Crippen molar-refractivity contribution in [2.45, 2.75) is 24.9 Å². The number of carbonyl (C=O) groups excluding carboxylic acids is 2. The zero-order chi connectivity index (χ0) is 16.8. The van der Waals surface area contributed by atoms with E-state index in [2.05, 4.69) is 21.2 Å². The van der Waals surface area contributed by atoms with E-state index < -0.39 is 0 Å². The number of hydrogen-bond donors (Lipinski definition) is 1. The van der Waals surface area contributed by atoms with Crippen LogP contribution in [0.5, 0.6) is 0 Å². The number of nitrogens with one attached hydrogen (secondary N) is 1. The number of benzene rings is 2. The second-order valence-corrected chi connectivity index (χ2v) is 7.45. The van der Waals surface area contributed by atoms with Gasteiger partial charge in [-0.1, -0.05) is 40.2 Å². The lowest BCUT2D eigenvalue weighted by Gasteiger charge is -2.12. The van der Waals surface area contributed by atoms with Gasteiger partial charge in [-0.3, -0.25) is 9.59 Å². The first-order valence-electron chi connectivity index (χ1n) is 7.23. The molecule has 0 radical (unpaired) electrons. The Morgan fingerprint density at radius 2 is 1.87 bits per heavy atom. The molecule has 1 atom stereocenters. The Balaban J connectivity index is 1.90. The van der Waals surface area contributed by atoms with Crippen LogP contribution in [0, 0.1) is 0 Å². The van der Waals surface area contributed by atoms with Gasteiger partial charge in [-0.25, -0.2) is 0 Å². The number of halogens is 1.